The molecule has 5 nitrogen and oxygen atoms in total. The minimum atomic E-state index is -0.505. The van der Waals surface area contributed by atoms with E-state index in [1.54, 1.807) is 29.9 Å². The zero-order valence-corrected chi connectivity index (χ0v) is 15.9. The number of benzene rings is 2. The van der Waals surface area contributed by atoms with Crippen LogP contribution in [0.4, 0.5) is 0 Å². The van der Waals surface area contributed by atoms with E-state index in [4.69, 9.17) is 4.74 Å². The van der Waals surface area contributed by atoms with E-state index in [0.717, 1.165) is 6.42 Å². The van der Waals surface area contributed by atoms with Gasteiger partial charge in [-0.3, -0.25) is 4.79 Å². The Kier molecular flexibility index (Phi) is 6.63. The largest absolute Gasteiger partial charge is 0.451 e. The van der Waals surface area contributed by atoms with E-state index < -0.39 is 5.97 Å². The Bertz CT molecular complexity index is 864. The molecule has 1 heterocycles. The number of carbonyl (C=O) groups is 2. The number of aromatic nitrogens is 1. The molecule has 0 aliphatic rings. The lowest BCUT2D eigenvalue weighted by atomic mass is 9.88. The third kappa shape index (κ3) is 5.10. The third-order valence-corrected chi connectivity index (χ3v) is 4.65. The van der Waals surface area contributed by atoms with Gasteiger partial charge in [-0.15, -0.1) is 0 Å². The second-order valence-electron chi connectivity index (χ2n) is 6.59. The second kappa shape index (κ2) is 9.55. The summed E-state index contributed by atoms with van der Waals surface area (Å²) in [5, 5.41) is 2.84. The van der Waals surface area contributed by atoms with Gasteiger partial charge in [0.1, 0.15) is 5.69 Å². The van der Waals surface area contributed by atoms with E-state index in [-0.39, 0.29) is 18.4 Å². The minimum absolute atomic E-state index is 0.189. The van der Waals surface area contributed by atoms with Crippen molar-refractivity contribution in [1.82, 2.24) is 9.88 Å². The number of amides is 1. The van der Waals surface area contributed by atoms with Crippen molar-refractivity contribution in [3.63, 3.8) is 0 Å². The van der Waals surface area contributed by atoms with Gasteiger partial charge >= 0.3 is 5.97 Å². The fourth-order valence-corrected chi connectivity index (χ4v) is 3.18. The molecule has 28 heavy (non-hydrogen) atoms. The van der Waals surface area contributed by atoms with E-state index in [9.17, 15) is 9.59 Å². The highest BCUT2D eigenvalue weighted by Crippen LogP contribution is 2.27. The summed E-state index contributed by atoms with van der Waals surface area (Å²) in [6.45, 7) is 0.209. The van der Waals surface area contributed by atoms with E-state index in [0.29, 0.717) is 12.2 Å². The van der Waals surface area contributed by atoms with Crippen LogP contribution < -0.4 is 5.32 Å². The summed E-state index contributed by atoms with van der Waals surface area (Å²) in [6, 6.07) is 23.9. The maximum Gasteiger partial charge on any atom is 0.355 e. The van der Waals surface area contributed by atoms with Gasteiger partial charge in [0.05, 0.1) is 0 Å². The molecule has 0 bridgehead atoms. The molecule has 0 aliphatic carbocycles. The minimum Gasteiger partial charge on any atom is -0.451 e. The van der Waals surface area contributed by atoms with Crippen molar-refractivity contribution in [2.45, 2.75) is 12.3 Å². The first kappa shape index (κ1) is 19.4. The zero-order valence-electron chi connectivity index (χ0n) is 15.9. The molecule has 0 spiro atoms. The predicted molar refractivity (Wildman–Crippen MR) is 108 cm³/mol. The summed E-state index contributed by atoms with van der Waals surface area (Å²) in [5.74, 6) is -0.620. The lowest BCUT2D eigenvalue weighted by Gasteiger charge is -2.18. The first-order valence-electron chi connectivity index (χ1n) is 9.30. The smallest absolute Gasteiger partial charge is 0.355 e. The predicted octanol–water partition coefficient (Wildman–Crippen LogP) is 3.52. The van der Waals surface area contributed by atoms with Gasteiger partial charge in [0.15, 0.2) is 6.61 Å². The normalized spacial score (nSPS) is 10.6. The summed E-state index contributed by atoms with van der Waals surface area (Å²) in [4.78, 5) is 24.0. The van der Waals surface area contributed by atoms with Crippen molar-refractivity contribution >= 4 is 11.9 Å². The molecule has 1 amide bonds. The van der Waals surface area contributed by atoms with Crippen LogP contribution in [-0.4, -0.2) is 29.6 Å². The van der Waals surface area contributed by atoms with E-state index in [2.05, 4.69) is 29.6 Å². The van der Waals surface area contributed by atoms with Crippen LogP contribution in [0.5, 0.6) is 0 Å². The number of nitrogens with one attached hydrogen (secondary N) is 1. The van der Waals surface area contributed by atoms with E-state index in [1.807, 2.05) is 36.4 Å². The first-order chi connectivity index (χ1) is 13.6. The van der Waals surface area contributed by atoms with Crippen LogP contribution in [-0.2, 0) is 16.6 Å². The van der Waals surface area contributed by atoms with Crippen molar-refractivity contribution in [3.05, 3.63) is 95.8 Å². The van der Waals surface area contributed by atoms with Crippen molar-refractivity contribution in [2.24, 2.45) is 7.05 Å². The topological polar surface area (TPSA) is 60.3 Å². The number of carbonyl (C=O) groups excluding carboxylic acids is 2. The molecule has 0 aliphatic heterocycles. The van der Waals surface area contributed by atoms with Gasteiger partial charge in [0.25, 0.3) is 5.91 Å². The van der Waals surface area contributed by atoms with Crippen LogP contribution in [0.1, 0.15) is 34.0 Å². The van der Waals surface area contributed by atoms with Gasteiger partial charge in [-0.1, -0.05) is 60.7 Å². The maximum atomic E-state index is 12.1. The molecule has 0 saturated carbocycles. The standard InChI is InChI=1S/C23H24N2O3/c1-25-16-8-13-21(25)23(27)28-17-22(26)24-15-14-20(18-9-4-2-5-10-18)19-11-6-3-7-12-19/h2-13,16,20H,14-15,17H2,1H3,(H,24,26). The summed E-state index contributed by atoms with van der Waals surface area (Å²) in [5.41, 5.74) is 2.83. The Balaban J connectivity index is 1.52. The van der Waals surface area contributed by atoms with Gasteiger partial charge in [0.2, 0.25) is 0 Å². The second-order valence-corrected chi connectivity index (χ2v) is 6.59. The van der Waals surface area contributed by atoms with Crippen molar-refractivity contribution in [3.8, 4) is 0 Å². The highest BCUT2D eigenvalue weighted by molar-refractivity contribution is 5.89. The molecule has 0 fully saturated rings. The molecule has 3 aromatic rings. The lowest BCUT2D eigenvalue weighted by molar-refractivity contribution is -0.124. The molecule has 0 saturated heterocycles. The molecule has 0 unspecified atom stereocenters. The number of aryl methyl sites for hydroxylation is 1. The van der Waals surface area contributed by atoms with Gasteiger partial charge in [-0.25, -0.2) is 4.79 Å². The number of hydrogen-bond acceptors (Lipinski definition) is 3. The highest BCUT2D eigenvalue weighted by Gasteiger charge is 2.15. The quantitative estimate of drug-likeness (QED) is 0.612. The van der Waals surface area contributed by atoms with Crippen molar-refractivity contribution < 1.29 is 14.3 Å². The van der Waals surface area contributed by atoms with Crippen LogP contribution >= 0.6 is 0 Å². The molecule has 0 atom stereocenters. The SMILES string of the molecule is Cn1cccc1C(=O)OCC(=O)NCCC(c1ccccc1)c1ccccc1. The molecule has 5 heteroatoms. The molecule has 2 aromatic carbocycles. The fourth-order valence-electron chi connectivity index (χ4n) is 3.18. The monoisotopic (exact) mass is 376 g/mol. The molecule has 0 radical (unpaired) electrons. The maximum absolute atomic E-state index is 12.1. The van der Waals surface area contributed by atoms with Crippen LogP contribution in [0.3, 0.4) is 0 Å². The number of ether oxygens (including phenoxy) is 1. The summed E-state index contributed by atoms with van der Waals surface area (Å²) in [7, 11) is 1.75. The molecular weight excluding hydrogens is 352 g/mol. The van der Waals surface area contributed by atoms with Gasteiger partial charge in [-0.05, 0) is 29.7 Å². The zero-order chi connectivity index (χ0) is 19.8. The first-order valence-corrected chi connectivity index (χ1v) is 9.30. The van der Waals surface area contributed by atoms with Crippen LogP contribution in [0.2, 0.25) is 0 Å². The van der Waals surface area contributed by atoms with E-state index >= 15 is 0 Å². The average Bonchev–Trinajstić information content (AvgIpc) is 3.17. The molecule has 1 aromatic heterocycles. The van der Waals surface area contributed by atoms with Gasteiger partial charge in [0, 0.05) is 25.7 Å². The third-order valence-electron chi connectivity index (χ3n) is 4.65. The molecule has 144 valence electrons. The van der Waals surface area contributed by atoms with Crippen LogP contribution in [0.15, 0.2) is 79.0 Å². The van der Waals surface area contributed by atoms with E-state index in [1.165, 1.54) is 11.1 Å². The Labute approximate surface area is 165 Å². The summed E-state index contributed by atoms with van der Waals surface area (Å²) in [6.07, 6.45) is 2.51. The van der Waals surface area contributed by atoms with Crippen molar-refractivity contribution in [2.75, 3.05) is 13.2 Å². The Morgan fingerprint density at radius 3 is 2.07 bits per heavy atom. The molecular formula is C23H24N2O3. The van der Waals surface area contributed by atoms with Crippen LogP contribution in [0.25, 0.3) is 0 Å². The Morgan fingerprint density at radius 1 is 0.929 bits per heavy atom. The number of esters is 1. The summed E-state index contributed by atoms with van der Waals surface area (Å²) < 4.78 is 6.74. The average molecular weight is 376 g/mol. The molecule has 3 rings (SSSR count). The number of hydrogen-bond donors (Lipinski definition) is 1. The molecule has 1 N–H and O–H groups in total. The number of nitrogens with zero attached hydrogens (tertiary/aromatic N) is 1. The lowest BCUT2D eigenvalue weighted by Crippen LogP contribution is -2.30. The summed E-state index contributed by atoms with van der Waals surface area (Å²) >= 11 is 0. The Hall–Kier alpha value is -3.34. The number of rotatable bonds is 8. The van der Waals surface area contributed by atoms with Crippen molar-refractivity contribution in [1.29, 1.82) is 0 Å². The van der Waals surface area contributed by atoms with Gasteiger partial charge < -0.3 is 14.6 Å². The highest BCUT2D eigenvalue weighted by atomic mass is 16.5. The Morgan fingerprint density at radius 2 is 1.54 bits per heavy atom. The fraction of sp³-hybridized carbons (Fsp3) is 0.217. The van der Waals surface area contributed by atoms with Crippen LogP contribution in [0, 0.1) is 0 Å². The van der Waals surface area contributed by atoms with Gasteiger partial charge in [-0.2, -0.15) is 0 Å².